The first-order chi connectivity index (χ1) is 9.04. The zero-order chi connectivity index (χ0) is 14.3. The van der Waals surface area contributed by atoms with Gasteiger partial charge in [0.15, 0.2) is 5.13 Å². The number of aromatic nitrogens is 1. The number of anilines is 2. The van der Waals surface area contributed by atoms with Crippen LogP contribution in [0.3, 0.4) is 0 Å². The van der Waals surface area contributed by atoms with Gasteiger partial charge in [-0.15, -0.1) is 0 Å². The smallest absolute Gasteiger partial charge is 0.265 e. The molecule has 0 radical (unpaired) electrons. The molecule has 108 valence electrons. The van der Waals surface area contributed by atoms with Crippen LogP contribution in [-0.2, 0) is 4.74 Å². The van der Waals surface area contributed by atoms with Crippen molar-refractivity contribution in [2.24, 2.45) is 0 Å². The molecule has 0 unspecified atom stereocenters. The van der Waals surface area contributed by atoms with Gasteiger partial charge >= 0.3 is 0 Å². The number of rotatable bonds is 8. The second kappa shape index (κ2) is 7.93. The number of hydrogen-bond donors (Lipinski definition) is 3. The van der Waals surface area contributed by atoms with Gasteiger partial charge in [0.25, 0.3) is 5.91 Å². The largest absolute Gasteiger partial charge is 0.382 e. The molecule has 1 heterocycles. The molecule has 0 aliphatic rings. The average molecular weight is 287 g/mol. The number of nitrogens with two attached hydrogens (primary N) is 1. The monoisotopic (exact) mass is 287 g/mol. The summed E-state index contributed by atoms with van der Waals surface area (Å²) in [7, 11) is 5.70. The van der Waals surface area contributed by atoms with E-state index >= 15 is 0 Å². The minimum Gasteiger partial charge on any atom is -0.382 e. The standard InChI is InChI=1S/C11H21N5O2S/c1-13-11-15-9(12)8(19-11)10(17)14-4-6-18-7-5-16(2)3/h4-7,12H2,1-3H3,(H,13,15)(H,14,17). The van der Waals surface area contributed by atoms with Crippen LogP contribution in [0.4, 0.5) is 10.9 Å². The number of thiazole rings is 1. The molecule has 0 aliphatic carbocycles. The zero-order valence-electron chi connectivity index (χ0n) is 11.5. The van der Waals surface area contributed by atoms with Crippen LogP contribution in [-0.4, -0.2) is 63.2 Å². The molecule has 1 amide bonds. The van der Waals surface area contributed by atoms with Crippen LogP contribution >= 0.6 is 11.3 Å². The van der Waals surface area contributed by atoms with Gasteiger partial charge in [-0.25, -0.2) is 4.98 Å². The molecule has 0 saturated carbocycles. The van der Waals surface area contributed by atoms with E-state index in [4.69, 9.17) is 10.5 Å². The molecular weight excluding hydrogens is 266 g/mol. The summed E-state index contributed by atoms with van der Waals surface area (Å²) in [6, 6.07) is 0. The summed E-state index contributed by atoms with van der Waals surface area (Å²) < 4.78 is 5.38. The van der Waals surface area contributed by atoms with E-state index in [1.807, 2.05) is 19.0 Å². The Balaban J connectivity index is 2.25. The molecule has 1 aromatic rings. The van der Waals surface area contributed by atoms with Crippen LogP contribution in [0.25, 0.3) is 0 Å². The number of nitrogen functional groups attached to an aromatic ring is 1. The Kier molecular flexibility index (Phi) is 6.54. The highest BCUT2D eigenvalue weighted by Crippen LogP contribution is 2.23. The quantitative estimate of drug-likeness (QED) is 0.586. The highest BCUT2D eigenvalue weighted by atomic mass is 32.1. The van der Waals surface area contributed by atoms with E-state index in [0.717, 1.165) is 6.54 Å². The number of nitrogens with zero attached hydrogens (tertiary/aromatic N) is 2. The van der Waals surface area contributed by atoms with Crippen molar-refractivity contribution in [3.05, 3.63) is 4.88 Å². The van der Waals surface area contributed by atoms with Gasteiger partial charge in [0.05, 0.1) is 13.2 Å². The summed E-state index contributed by atoms with van der Waals surface area (Å²) in [6.07, 6.45) is 0. The number of hydrogen-bond acceptors (Lipinski definition) is 7. The topological polar surface area (TPSA) is 92.5 Å². The lowest BCUT2D eigenvalue weighted by Gasteiger charge is -2.10. The number of carbonyl (C=O) groups is 1. The van der Waals surface area contributed by atoms with E-state index in [1.165, 1.54) is 11.3 Å². The van der Waals surface area contributed by atoms with Crippen molar-refractivity contribution >= 4 is 28.2 Å². The first-order valence-corrected chi connectivity index (χ1v) is 6.81. The first kappa shape index (κ1) is 15.7. The van der Waals surface area contributed by atoms with Crippen molar-refractivity contribution < 1.29 is 9.53 Å². The number of ether oxygens (including phenoxy) is 1. The predicted octanol–water partition coefficient (Wildman–Crippen LogP) is 0.0750. The van der Waals surface area contributed by atoms with E-state index < -0.39 is 0 Å². The minimum atomic E-state index is -0.215. The van der Waals surface area contributed by atoms with Gasteiger partial charge in [-0.05, 0) is 14.1 Å². The summed E-state index contributed by atoms with van der Waals surface area (Å²) >= 11 is 1.23. The molecule has 1 aromatic heterocycles. The Morgan fingerprint density at radius 1 is 1.47 bits per heavy atom. The lowest BCUT2D eigenvalue weighted by atomic mass is 10.4. The van der Waals surface area contributed by atoms with Crippen molar-refractivity contribution in [2.45, 2.75) is 0 Å². The molecule has 1 rings (SSSR count). The Morgan fingerprint density at radius 2 is 2.21 bits per heavy atom. The van der Waals surface area contributed by atoms with Crippen molar-refractivity contribution in [1.82, 2.24) is 15.2 Å². The third-order valence-corrected chi connectivity index (χ3v) is 3.38. The van der Waals surface area contributed by atoms with Crippen LogP contribution in [0.5, 0.6) is 0 Å². The Hall–Kier alpha value is -1.38. The average Bonchev–Trinajstić information content (AvgIpc) is 2.74. The SMILES string of the molecule is CNc1nc(N)c(C(=O)NCCOCCN(C)C)s1. The summed E-state index contributed by atoms with van der Waals surface area (Å²) in [5.41, 5.74) is 5.66. The van der Waals surface area contributed by atoms with Crippen LogP contribution in [0.1, 0.15) is 9.67 Å². The van der Waals surface area contributed by atoms with E-state index in [-0.39, 0.29) is 11.7 Å². The number of amides is 1. The van der Waals surface area contributed by atoms with Gasteiger partial charge in [0, 0.05) is 20.1 Å². The molecule has 0 saturated heterocycles. The minimum absolute atomic E-state index is 0.215. The van der Waals surface area contributed by atoms with Gasteiger partial charge < -0.3 is 26.0 Å². The summed E-state index contributed by atoms with van der Waals surface area (Å²) in [4.78, 5) is 18.3. The Labute approximate surface area is 117 Å². The number of likely N-dealkylation sites (N-methyl/N-ethyl adjacent to an activating group) is 1. The third-order valence-electron chi connectivity index (χ3n) is 2.29. The van der Waals surface area contributed by atoms with Crippen LogP contribution in [0.2, 0.25) is 0 Å². The van der Waals surface area contributed by atoms with Gasteiger partial charge in [0.1, 0.15) is 10.7 Å². The molecule has 0 atom stereocenters. The fraction of sp³-hybridized carbons (Fsp3) is 0.636. The van der Waals surface area contributed by atoms with E-state index in [1.54, 1.807) is 7.05 Å². The van der Waals surface area contributed by atoms with Crippen molar-refractivity contribution in [3.63, 3.8) is 0 Å². The lowest BCUT2D eigenvalue weighted by molar-refractivity contribution is 0.0904. The first-order valence-electron chi connectivity index (χ1n) is 5.99. The maximum atomic E-state index is 11.8. The molecule has 4 N–H and O–H groups in total. The fourth-order valence-electron chi connectivity index (χ4n) is 1.27. The van der Waals surface area contributed by atoms with Crippen LogP contribution in [0, 0.1) is 0 Å². The summed E-state index contributed by atoms with van der Waals surface area (Å²) in [5.74, 6) is 0.0353. The van der Waals surface area contributed by atoms with Crippen molar-refractivity contribution in [2.75, 3.05) is 58.5 Å². The molecule has 19 heavy (non-hydrogen) atoms. The molecule has 0 fully saturated rings. The molecule has 0 aromatic carbocycles. The van der Waals surface area contributed by atoms with Crippen molar-refractivity contribution in [1.29, 1.82) is 0 Å². The maximum absolute atomic E-state index is 11.8. The molecule has 0 bridgehead atoms. The number of nitrogens with one attached hydrogen (secondary N) is 2. The second-order valence-corrected chi connectivity index (χ2v) is 5.15. The van der Waals surface area contributed by atoms with E-state index in [0.29, 0.717) is 29.8 Å². The third kappa shape index (κ3) is 5.41. The van der Waals surface area contributed by atoms with E-state index in [9.17, 15) is 4.79 Å². The molecule has 0 spiro atoms. The van der Waals surface area contributed by atoms with Gasteiger partial charge in [0.2, 0.25) is 0 Å². The molecular formula is C11H21N5O2S. The summed E-state index contributed by atoms with van der Waals surface area (Å²) in [5, 5.41) is 6.24. The molecule has 0 aliphatic heterocycles. The molecule has 7 nitrogen and oxygen atoms in total. The lowest BCUT2D eigenvalue weighted by Crippen LogP contribution is -2.28. The van der Waals surface area contributed by atoms with Crippen LogP contribution in [0.15, 0.2) is 0 Å². The molecule has 8 heteroatoms. The highest BCUT2D eigenvalue weighted by Gasteiger charge is 2.14. The van der Waals surface area contributed by atoms with Crippen molar-refractivity contribution in [3.8, 4) is 0 Å². The Bertz CT molecular complexity index is 408. The zero-order valence-corrected chi connectivity index (χ0v) is 12.3. The summed E-state index contributed by atoms with van der Waals surface area (Å²) in [6.45, 7) is 2.45. The Morgan fingerprint density at radius 3 is 2.79 bits per heavy atom. The predicted molar refractivity (Wildman–Crippen MR) is 77.8 cm³/mol. The van der Waals surface area contributed by atoms with Gasteiger partial charge in [-0.1, -0.05) is 11.3 Å². The van der Waals surface area contributed by atoms with Gasteiger partial charge in [-0.2, -0.15) is 0 Å². The second-order valence-electron chi connectivity index (χ2n) is 4.15. The fourth-order valence-corrected chi connectivity index (χ4v) is 2.02. The van der Waals surface area contributed by atoms with E-state index in [2.05, 4.69) is 15.6 Å². The highest BCUT2D eigenvalue weighted by molar-refractivity contribution is 7.18. The van der Waals surface area contributed by atoms with Crippen LogP contribution < -0.4 is 16.4 Å². The number of carbonyl (C=O) groups excluding carboxylic acids is 1. The normalized spacial score (nSPS) is 10.7. The van der Waals surface area contributed by atoms with Gasteiger partial charge in [-0.3, -0.25) is 4.79 Å². The maximum Gasteiger partial charge on any atom is 0.265 e.